The first kappa shape index (κ1) is 16.7. The summed E-state index contributed by atoms with van der Waals surface area (Å²) in [5.41, 5.74) is 1.39. The topological polar surface area (TPSA) is 65.0 Å². The molecule has 122 valence electrons. The van der Waals surface area contributed by atoms with Crippen LogP contribution in [0.4, 0.5) is 0 Å². The highest BCUT2D eigenvalue weighted by Gasteiger charge is 2.14. The van der Waals surface area contributed by atoms with Gasteiger partial charge in [0.1, 0.15) is 23.0 Å². The Kier molecular flexibility index (Phi) is 5.46. The maximum atomic E-state index is 12.5. The summed E-state index contributed by atoms with van der Waals surface area (Å²) in [6, 6.07) is 10.00. The molecule has 0 radical (unpaired) electrons. The molecule has 0 aliphatic carbocycles. The number of rotatable bonds is 7. The van der Waals surface area contributed by atoms with Crippen LogP contribution in [0.25, 0.3) is 0 Å². The van der Waals surface area contributed by atoms with Crippen molar-refractivity contribution in [3.63, 3.8) is 0 Å². The van der Waals surface area contributed by atoms with Crippen LogP contribution in [-0.4, -0.2) is 32.2 Å². The summed E-state index contributed by atoms with van der Waals surface area (Å²) < 4.78 is 15.6. The maximum Gasteiger partial charge on any atom is 0.166 e. The molecular weight excluding hydrogens is 296 g/mol. The van der Waals surface area contributed by atoms with Crippen molar-refractivity contribution in [3.05, 3.63) is 47.5 Å². The molecule has 0 saturated carbocycles. The minimum atomic E-state index is -0.0281. The number of phenols is 1. The summed E-state index contributed by atoms with van der Waals surface area (Å²) in [5.74, 6) is 1.80. The van der Waals surface area contributed by atoms with E-state index >= 15 is 0 Å². The lowest BCUT2D eigenvalue weighted by Gasteiger charge is -2.11. The molecule has 5 heteroatoms. The number of hydrogen-bond acceptors (Lipinski definition) is 5. The second-order valence-corrected chi connectivity index (χ2v) is 4.99. The van der Waals surface area contributed by atoms with Gasteiger partial charge in [0, 0.05) is 18.6 Å². The Morgan fingerprint density at radius 2 is 1.70 bits per heavy atom. The number of benzene rings is 2. The van der Waals surface area contributed by atoms with Crippen molar-refractivity contribution < 1.29 is 24.1 Å². The Hall–Kier alpha value is -2.69. The summed E-state index contributed by atoms with van der Waals surface area (Å²) in [4.78, 5) is 12.5. The van der Waals surface area contributed by atoms with Crippen molar-refractivity contribution in [1.82, 2.24) is 0 Å². The van der Waals surface area contributed by atoms with Gasteiger partial charge in [-0.3, -0.25) is 4.79 Å². The molecule has 0 saturated heterocycles. The molecule has 0 heterocycles. The number of carbonyl (C=O) groups excluding carboxylic acids is 1. The normalized spacial score (nSPS) is 10.2. The fourth-order valence-electron chi connectivity index (χ4n) is 2.35. The molecule has 0 fully saturated rings. The van der Waals surface area contributed by atoms with E-state index in [0.29, 0.717) is 35.7 Å². The summed E-state index contributed by atoms with van der Waals surface area (Å²) in [7, 11) is 4.62. The molecule has 1 N–H and O–H groups in total. The Bertz CT molecular complexity index is 694. The molecule has 2 aromatic carbocycles. The summed E-state index contributed by atoms with van der Waals surface area (Å²) in [6.45, 7) is 0. The van der Waals surface area contributed by atoms with Crippen molar-refractivity contribution in [2.24, 2.45) is 0 Å². The first-order chi connectivity index (χ1) is 11.1. The minimum absolute atomic E-state index is 0.0281. The van der Waals surface area contributed by atoms with Crippen LogP contribution in [0.2, 0.25) is 0 Å². The Morgan fingerprint density at radius 1 is 0.957 bits per heavy atom. The molecule has 0 aliphatic heterocycles. The zero-order valence-corrected chi connectivity index (χ0v) is 13.5. The standard InChI is InChI=1S/C18H20O5/c1-21-14-7-8-15(18(11-14)23-3)16(20)9-5-12-4-6-13(19)10-17(12)22-2/h4,6-8,10-11,19H,5,9H2,1-3H3. The van der Waals surface area contributed by atoms with E-state index in [1.807, 2.05) is 0 Å². The van der Waals surface area contributed by atoms with Crippen molar-refractivity contribution in [2.75, 3.05) is 21.3 Å². The predicted molar refractivity (Wildman–Crippen MR) is 86.9 cm³/mol. The molecular formula is C18H20O5. The first-order valence-corrected chi connectivity index (χ1v) is 7.20. The fraction of sp³-hybridized carbons (Fsp3) is 0.278. The van der Waals surface area contributed by atoms with Crippen molar-refractivity contribution >= 4 is 5.78 Å². The predicted octanol–water partition coefficient (Wildman–Crippen LogP) is 3.23. The molecule has 5 nitrogen and oxygen atoms in total. The molecule has 0 aromatic heterocycles. The SMILES string of the molecule is COc1ccc(C(=O)CCc2ccc(O)cc2OC)c(OC)c1. The van der Waals surface area contributed by atoms with Gasteiger partial charge in [-0.25, -0.2) is 0 Å². The highest BCUT2D eigenvalue weighted by molar-refractivity contribution is 5.99. The van der Waals surface area contributed by atoms with Crippen LogP contribution < -0.4 is 14.2 Å². The largest absolute Gasteiger partial charge is 0.508 e. The van der Waals surface area contributed by atoms with E-state index in [-0.39, 0.29) is 11.5 Å². The molecule has 2 aromatic rings. The smallest absolute Gasteiger partial charge is 0.166 e. The van der Waals surface area contributed by atoms with Crippen LogP contribution in [0.3, 0.4) is 0 Å². The molecule has 0 bridgehead atoms. The summed E-state index contributed by atoms with van der Waals surface area (Å²) >= 11 is 0. The lowest BCUT2D eigenvalue weighted by Crippen LogP contribution is -2.05. The van der Waals surface area contributed by atoms with Crippen molar-refractivity contribution in [2.45, 2.75) is 12.8 Å². The number of methoxy groups -OCH3 is 3. The lowest BCUT2D eigenvalue weighted by atomic mass is 10.0. The van der Waals surface area contributed by atoms with Gasteiger partial charge >= 0.3 is 0 Å². The number of carbonyl (C=O) groups is 1. The third-order valence-corrected chi connectivity index (χ3v) is 3.60. The highest BCUT2D eigenvalue weighted by Crippen LogP contribution is 2.28. The highest BCUT2D eigenvalue weighted by atomic mass is 16.5. The fourth-order valence-corrected chi connectivity index (χ4v) is 2.35. The number of aryl methyl sites for hydroxylation is 1. The quantitative estimate of drug-likeness (QED) is 0.794. The maximum absolute atomic E-state index is 12.5. The van der Waals surface area contributed by atoms with Crippen LogP contribution in [0, 0.1) is 0 Å². The summed E-state index contributed by atoms with van der Waals surface area (Å²) in [5, 5.41) is 9.47. The molecule has 0 atom stereocenters. The third kappa shape index (κ3) is 3.94. The molecule has 23 heavy (non-hydrogen) atoms. The first-order valence-electron chi connectivity index (χ1n) is 7.20. The molecule has 0 unspecified atom stereocenters. The molecule has 2 rings (SSSR count). The van der Waals surface area contributed by atoms with Gasteiger partial charge in [0.05, 0.1) is 26.9 Å². The van der Waals surface area contributed by atoms with E-state index in [1.54, 1.807) is 37.4 Å². The van der Waals surface area contributed by atoms with Gasteiger partial charge in [0.15, 0.2) is 5.78 Å². The van der Waals surface area contributed by atoms with Gasteiger partial charge in [0.25, 0.3) is 0 Å². The molecule has 0 spiro atoms. The van der Waals surface area contributed by atoms with E-state index < -0.39 is 0 Å². The second kappa shape index (κ2) is 7.54. The molecule has 0 amide bonds. The van der Waals surface area contributed by atoms with Gasteiger partial charge in [0.2, 0.25) is 0 Å². The van der Waals surface area contributed by atoms with E-state index in [9.17, 15) is 9.90 Å². The van der Waals surface area contributed by atoms with E-state index in [1.165, 1.54) is 20.3 Å². The van der Waals surface area contributed by atoms with Crippen LogP contribution in [0.5, 0.6) is 23.0 Å². The minimum Gasteiger partial charge on any atom is -0.508 e. The lowest BCUT2D eigenvalue weighted by molar-refractivity contribution is 0.0979. The van der Waals surface area contributed by atoms with E-state index in [4.69, 9.17) is 14.2 Å². The average molecular weight is 316 g/mol. The second-order valence-electron chi connectivity index (χ2n) is 4.99. The van der Waals surface area contributed by atoms with Crippen molar-refractivity contribution in [1.29, 1.82) is 0 Å². The third-order valence-electron chi connectivity index (χ3n) is 3.60. The van der Waals surface area contributed by atoms with E-state index in [2.05, 4.69) is 0 Å². The number of hydrogen-bond donors (Lipinski definition) is 1. The van der Waals surface area contributed by atoms with E-state index in [0.717, 1.165) is 5.56 Å². The Labute approximate surface area is 135 Å². The van der Waals surface area contributed by atoms with Gasteiger partial charge in [-0.05, 0) is 30.2 Å². The average Bonchev–Trinajstić information content (AvgIpc) is 2.59. The van der Waals surface area contributed by atoms with Gasteiger partial charge < -0.3 is 19.3 Å². The van der Waals surface area contributed by atoms with Crippen LogP contribution in [0.1, 0.15) is 22.3 Å². The summed E-state index contributed by atoms with van der Waals surface area (Å²) in [6.07, 6.45) is 0.821. The van der Waals surface area contributed by atoms with Crippen LogP contribution in [-0.2, 0) is 6.42 Å². The van der Waals surface area contributed by atoms with Gasteiger partial charge in [-0.1, -0.05) is 6.07 Å². The number of Topliss-reactive ketones (excluding diaryl/α,β-unsaturated/α-hetero) is 1. The number of phenolic OH excluding ortho intramolecular Hbond substituents is 1. The molecule has 0 aliphatic rings. The monoisotopic (exact) mass is 316 g/mol. The zero-order chi connectivity index (χ0) is 16.8. The van der Waals surface area contributed by atoms with Crippen LogP contribution in [0.15, 0.2) is 36.4 Å². The van der Waals surface area contributed by atoms with Crippen molar-refractivity contribution in [3.8, 4) is 23.0 Å². The van der Waals surface area contributed by atoms with Crippen LogP contribution >= 0.6 is 0 Å². The Balaban J connectivity index is 2.14. The van der Waals surface area contributed by atoms with Gasteiger partial charge in [-0.2, -0.15) is 0 Å². The van der Waals surface area contributed by atoms with Gasteiger partial charge in [-0.15, -0.1) is 0 Å². The number of ether oxygens (including phenoxy) is 3. The number of aromatic hydroxyl groups is 1. The zero-order valence-electron chi connectivity index (χ0n) is 13.5. The Morgan fingerprint density at radius 3 is 2.35 bits per heavy atom. The number of ketones is 1.